The van der Waals surface area contributed by atoms with Crippen molar-refractivity contribution in [3.63, 3.8) is 0 Å². The molecule has 2 aromatic carbocycles. The van der Waals surface area contributed by atoms with E-state index >= 15 is 0 Å². The highest BCUT2D eigenvalue weighted by molar-refractivity contribution is 5.91. The number of anilines is 1. The number of carbonyl (C=O) groups excluding carboxylic acids is 1. The van der Waals surface area contributed by atoms with Gasteiger partial charge in [0.1, 0.15) is 11.6 Å². The van der Waals surface area contributed by atoms with Gasteiger partial charge < -0.3 is 9.26 Å². The first kappa shape index (κ1) is 18.6. The van der Waals surface area contributed by atoms with Crippen LogP contribution in [0.1, 0.15) is 22.9 Å². The molecule has 0 bridgehead atoms. The number of halogens is 1. The number of aromatic nitrogens is 1. The number of ether oxygens (including phenoxy) is 1. The molecule has 3 aromatic rings. The van der Waals surface area contributed by atoms with Gasteiger partial charge in [-0.2, -0.15) is 0 Å². The number of aryl methyl sites for hydroxylation is 1. The number of methoxy groups -OCH3 is 1. The Hall–Kier alpha value is -3.19. The molecule has 0 saturated heterocycles. The van der Waals surface area contributed by atoms with Crippen molar-refractivity contribution in [1.29, 1.82) is 0 Å². The van der Waals surface area contributed by atoms with Crippen LogP contribution < -0.4 is 15.4 Å². The van der Waals surface area contributed by atoms with Gasteiger partial charge in [-0.05, 0) is 42.3 Å². The molecule has 7 heteroatoms. The van der Waals surface area contributed by atoms with Crippen molar-refractivity contribution in [3.8, 4) is 5.75 Å². The third kappa shape index (κ3) is 4.92. The van der Waals surface area contributed by atoms with Crippen LogP contribution in [0.3, 0.4) is 0 Å². The summed E-state index contributed by atoms with van der Waals surface area (Å²) in [5, 5.41) is 9.56. The predicted molar refractivity (Wildman–Crippen MR) is 99.1 cm³/mol. The largest absolute Gasteiger partial charge is 0.497 e. The molecule has 0 aliphatic carbocycles. The fourth-order valence-electron chi connectivity index (χ4n) is 2.68. The highest BCUT2D eigenvalue weighted by atomic mass is 19.1. The monoisotopic (exact) mass is 369 g/mol. The zero-order chi connectivity index (χ0) is 19.2. The van der Waals surface area contributed by atoms with Crippen LogP contribution in [-0.2, 0) is 4.79 Å². The molecule has 0 radical (unpaired) electrons. The van der Waals surface area contributed by atoms with Gasteiger partial charge in [0, 0.05) is 6.07 Å². The van der Waals surface area contributed by atoms with Crippen LogP contribution in [0, 0.1) is 12.7 Å². The van der Waals surface area contributed by atoms with Crippen molar-refractivity contribution in [1.82, 2.24) is 10.5 Å². The van der Waals surface area contributed by atoms with E-state index in [0.717, 1.165) is 16.9 Å². The van der Waals surface area contributed by atoms with Crippen molar-refractivity contribution in [2.75, 3.05) is 19.0 Å². The van der Waals surface area contributed by atoms with E-state index in [2.05, 4.69) is 15.8 Å². The van der Waals surface area contributed by atoms with Gasteiger partial charge in [0.25, 0.3) is 0 Å². The molecule has 1 atom stereocenters. The topological polar surface area (TPSA) is 76.4 Å². The number of hydrogen-bond acceptors (Lipinski definition) is 5. The molecule has 0 aliphatic heterocycles. The van der Waals surface area contributed by atoms with Gasteiger partial charge in [-0.25, -0.2) is 4.39 Å². The second-order valence-corrected chi connectivity index (χ2v) is 6.02. The van der Waals surface area contributed by atoms with Crippen LogP contribution in [-0.4, -0.2) is 24.7 Å². The Kier molecular flexibility index (Phi) is 5.83. The lowest BCUT2D eigenvalue weighted by Gasteiger charge is -2.20. The summed E-state index contributed by atoms with van der Waals surface area (Å²) in [5.41, 5.74) is 2.44. The number of carbonyl (C=O) groups is 1. The van der Waals surface area contributed by atoms with Crippen LogP contribution in [0.5, 0.6) is 5.75 Å². The number of amides is 1. The molecular formula is C20H20FN3O3. The lowest BCUT2D eigenvalue weighted by atomic mass is 9.98. The van der Waals surface area contributed by atoms with E-state index in [9.17, 15) is 9.18 Å². The molecule has 140 valence electrons. The summed E-state index contributed by atoms with van der Waals surface area (Å²) in [6.45, 7) is 1.81. The number of nitrogens with zero attached hydrogens (tertiary/aromatic N) is 1. The Morgan fingerprint density at radius 1 is 1.15 bits per heavy atom. The molecule has 27 heavy (non-hydrogen) atoms. The average molecular weight is 369 g/mol. The van der Waals surface area contributed by atoms with E-state index in [1.807, 2.05) is 24.3 Å². The first-order chi connectivity index (χ1) is 13.0. The Balaban J connectivity index is 1.74. The van der Waals surface area contributed by atoms with E-state index in [4.69, 9.17) is 9.26 Å². The van der Waals surface area contributed by atoms with Crippen LogP contribution in [0.15, 0.2) is 59.1 Å². The van der Waals surface area contributed by atoms with Gasteiger partial charge in [-0.1, -0.05) is 29.4 Å². The molecular weight excluding hydrogens is 349 g/mol. The first-order valence-electron chi connectivity index (χ1n) is 8.41. The highest BCUT2D eigenvalue weighted by Gasteiger charge is 2.16. The van der Waals surface area contributed by atoms with Crippen LogP contribution in [0.4, 0.5) is 10.3 Å². The van der Waals surface area contributed by atoms with Crippen LogP contribution in [0.25, 0.3) is 0 Å². The summed E-state index contributed by atoms with van der Waals surface area (Å²) in [6, 6.07) is 15.0. The van der Waals surface area contributed by atoms with Gasteiger partial charge >= 0.3 is 0 Å². The second-order valence-electron chi connectivity index (χ2n) is 6.02. The van der Waals surface area contributed by atoms with Crippen molar-refractivity contribution in [2.24, 2.45) is 0 Å². The van der Waals surface area contributed by atoms with Gasteiger partial charge in [0.2, 0.25) is 11.8 Å². The second kappa shape index (κ2) is 8.46. The molecule has 2 N–H and O–H groups in total. The normalized spacial score (nSPS) is 11.8. The minimum atomic E-state index is -0.314. The summed E-state index contributed by atoms with van der Waals surface area (Å²) < 4.78 is 23.5. The van der Waals surface area contributed by atoms with Gasteiger partial charge in [-0.3, -0.25) is 15.4 Å². The van der Waals surface area contributed by atoms with E-state index in [1.54, 1.807) is 32.2 Å². The van der Waals surface area contributed by atoms with Crippen LogP contribution in [0.2, 0.25) is 0 Å². The number of hydrogen-bond donors (Lipinski definition) is 2. The molecule has 1 amide bonds. The Labute approximate surface area is 156 Å². The fourth-order valence-corrected chi connectivity index (χ4v) is 2.68. The predicted octanol–water partition coefficient (Wildman–Crippen LogP) is 3.45. The summed E-state index contributed by atoms with van der Waals surface area (Å²) >= 11 is 0. The van der Waals surface area contributed by atoms with Crippen molar-refractivity contribution >= 4 is 11.8 Å². The molecule has 0 aliphatic rings. The summed E-state index contributed by atoms with van der Waals surface area (Å²) in [7, 11) is 1.60. The minimum absolute atomic E-state index is 0.0355. The maximum absolute atomic E-state index is 13.3. The van der Waals surface area contributed by atoms with Gasteiger partial charge in [0.15, 0.2) is 0 Å². The number of nitrogens with one attached hydrogen (secondary N) is 2. The summed E-state index contributed by atoms with van der Waals surface area (Å²) in [6.07, 6.45) is 0. The zero-order valence-electron chi connectivity index (χ0n) is 15.0. The highest BCUT2D eigenvalue weighted by Crippen LogP contribution is 2.24. The average Bonchev–Trinajstić information content (AvgIpc) is 3.08. The zero-order valence-corrected chi connectivity index (χ0v) is 15.0. The third-order valence-corrected chi connectivity index (χ3v) is 4.01. The molecule has 0 spiro atoms. The lowest BCUT2D eigenvalue weighted by Crippen LogP contribution is -2.31. The molecule has 6 nitrogen and oxygen atoms in total. The third-order valence-electron chi connectivity index (χ3n) is 4.01. The molecule has 1 heterocycles. The number of rotatable bonds is 7. The lowest BCUT2D eigenvalue weighted by molar-refractivity contribution is -0.115. The fraction of sp³-hybridized carbons (Fsp3) is 0.200. The van der Waals surface area contributed by atoms with E-state index in [1.165, 1.54) is 12.1 Å². The van der Waals surface area contributed by atoms with Gasteiger partial charge in [0.05, 0.1) is 25.4 Å². The first-order valence-corrected chi connectivity index (χ1v) is 8.41. The standard InChI is InChI=1S/C20H20FN3O3/c1-13-11-19(27-24-13)23-18(25)12-22-20(14-3-7-16(21)8-4-14)15-5-9-17(26-2)10-6-15/h3-11,20,22H,12H2,1-2H3,(H,23,25)/t20-/m0/s1. The van der Waals surface area contributed by atoms with Crippen molar-refractivity contribution in [3.05, 3.63) is 77.2 Å². The van der Waals surface area contributed by atoms with Crippen molar-refractivity contribution in [2.45, 2.75) is 13.0 Å². The quantitative estimate of drug-likeness (QED) is 0.667. The Bertz CT molecular complexity index is 892. The van der Waals surface area contributed by atoms with Crippen molar-refractivity contribution < 1.29 is 18.4 Å². The smallest absolute Gasteiger partial charge is 0.240 e. The maximum Gasteiger partial charge on any atom is 0.240 e. The van der Waals surface area contributed by atoms with E-state index in [-0.39, 0.29) is 24.3 Å². The Morgan fingerprint density at radius 3 is 2.33 bits per heavy atom. The van der Waals surface area contributed by atoms with E-state index in [0.29, 0.717) is 11.6 Å². The Morgan fingerprint density at radius 2 is 1.78 bits per heavy atom. The molecule has 0 unspecified atom stereocenters. The summed E-state index contributed by atoms with van der Waals surface area (Å²) in [5.74, 6) is 0.439. The molecule has 1 aromatic heterocycles. The van der Waals surface area contributed by atoms with Crippen LogP contribution >= 0.6 is 0 Å². The SMILES string of the molecule is COc1ccc([C@@H](NCC(=O)Nc2cc(C)no2)c2ccc(F)cc2)cc1. The molecule has 0 fully saturated rings. The van der Waals surface area contributed by atoms with E-state index < -0.39 is 0 Å². The summed E-state index contributed by atoms with van der Waals surface area (Å²) in [4.78, 5) is 12.2. The molecule has 0 saturated carbocycles. The van der Waals surface area contributed by atoms with Gasteiger partial charge in [-0.15, -0.1) is 0 Å². The number of benzene rings is 2. The molecule has 3 rings (SSSR count). The minimum Gasteiger partial charge on any atom is -0.497 e. The maximum atomic E-state index is 13.3.